The van der Waals surface area contributed by atoms with Gasteiger partial charge in [-0.25, -0.2) is 4.90 Å². The number of carbonyl (C=O) groups is 3. The number of Topliss-reactive ketones (excluding diaryl/α,β-unsaturated/α-hetero) is 1. The molecule has 184 valence electrons. The molecule has 2 fully saturated rings. The van der Waals surface area contributed by atoms with Crippen LogP contribution in [0, 0.1) is 39.7 Å². The quantitative estimate of drug-likeness (QED) is 0.282. The van der Waals surface area contributed by atoms with Gasteiger partial charge in [-0.2, -0.15) is 0 Å². The summed E-state index contributed by atoms with van der Waals surface area (Å²) in [6, 6.07) is 23.3. The smallest absolute Gasteiger partial charge is 0.269 e. The minimum atomic E-state index is -1.21. The van der Waals surface area contributed by atoms with Crippen LogP contribution in [-0.2, 0) is 14.4 Å². The fourth-order valence-electron chi connectivity index (χ4n) is 7.05. The van der Waals surface area contributed by atoms with Crippen molar-refractivity contribution >= 4 is 40.1 Å². The van der Waals surface area contributed by atoms with Gasteiger partial charge in [0.15, 0.2) is 5.78 Å². The van der Waals surface area contributed by atoms with Crippen LogP contribution in [0.4, 0.5) is 11.4 Å². The maximum atomic E-state index is 14.3. The Morgan fingerprint density at radius 2 is 1.22 bits per heavy atom. The fourth-order valence-corrected chi connectivity index (χ4v) is 7.05. The molecule has 2 aliphatic carbocycles. The minimum Gasteiger partial charge on any atom is -0.298 e. The zero-order valence-corrected chi connectivity index (χ0v) is 20.6. The van der Waals surface area contributed by atoms with Crippen LogP contribution >= 0.6 is 0 Å². The van der Waals surface area contributed by atoms with Crippen LogP contribution in [0.2, 0.25) is 0 Å². The van der Waals surface area contributed by atoms with Crippen molar-refractivity contribution in [2.24, 2.45) is 22.7 Å². The predicted octanol–water partition coefficient (Wildman–Crippen LogP) is 5.23. The van der Waals surface area contributed by atoms with E-state index in [1.54, 1.807) is 20.8 Å². The van der Waals surface area contributed by atoms with Gasteiger partial charge in [0.1, 0.15) is 0 Å². The lowest BCUT2D eigenvalue weighted by Gasteiger charge is -2.35. The Morgan fingerprint density at radius 3 is 1.62 bits per heavy atom. The summed E-state index contributed by atoms with van der Waals surface area (Å²) in [4.78, 5) is 54.3. The average Bonchev–Trinajstić information content (AvgIpc) is 3.34. The van der Waals surface area contributed by atoms with E-state index in [1.807, 2.05) is 60.7 Å². The number of nitro benzene ring substituents is 1. The van der Waals surface area contributed by atoms with E-state index in [1.165, 1.54) is 18.2 Å². The Morgan fingerprint density at radius 1 is 0.757 bits per heavy atom. The molecule has 0 N–H and O–H groups in total. The molecule has 1 saturated heterocycles. The van der Waals surface area contributed by atoms with Gasteiger partial charge in [0, 0.05) is 12.1 Å². The van der Waals surface area contributed by atoms with Gasteiger partial charge in [-0.3, -0.25) is 24.5 Å². The maximum Gasteiger partial charge on any atom is 0.269 e. The molecule has 0 unspecified atom stereocenters. The Hall–Kier alpha value is -4.39. The number of anilines is 1. The third-order valence-corrected chi connectivity index (χ3v) is 8.54. The summed E-state index contributed by atoms with van der Waals surface area (Å²) in [5.74, 6) is -2.72. The molecule has 4 atom stereocenters. The maximum absolute atomic E-state index is 14.3. The molecule has 37 heavy (non-hydrogen) atoms. The number of ketones is 1. The van der Waals surface area contributed by atoms with E-state index < -0.39 is 39.4 Å². The molecule has 6 rings (SSSR count). The molecule has 3 aliphatic rings. The number of nitrogens with zero attached hydrogens (tertiary/aromatic N) is 2. The number of aryl methyl sites for hydroxylation is 1. The molecule has 1 aliphatic heterocycles. The lowest BCUT2D eigenvalue weighted by molar-refractivity contribution is -0.384. The molecule has 2 bridgehead atoms. The molecule has 1 heterocycles. The van der Waals surface area contributed by atoms with Gasteiger partial charge in [-0.15, -0.1) is 0 Å². The van der Waals surface area contributed by atoms with E-state index in [2.05, 4.69) is 0 Å². The molecular weight excluding hydrogens is 468 g/mol. The van der Waals surface area contributed by atoms with E-state index in [4.69, 9.17) is 0 Å². The normalized spacial score (nSPS) is 28.3. The predicted molar refractivity (Wildman–Crippen MR) is 138 cm³/mol. The van der Waals surface area contributed by atoms with Crippen molar-refractivity contribution < 1.29 is 19.3 Å². The molecule has 2 amide bonds. The van der Waals surface area contributed by atoms with Gasteiger partial charge in [-0.1, -0.05) is 60.7 Å². The van der Waals surface area contributed by atoms with E-state index in [9.17, 15) is 24.5 Å². The molecule has 0 spiro atoms. The Labute approximate surface area is 213 Å². The largest absolute Gasteiger partial charge is 0.298 e. The van der Waals surface area contributed by atoms with Crippen LogP contribution in [0.3, 0.4) is 0 Å². The number of benzene rings is 3. The highest BCUT2D eigenvalue weighted by molar-refractivity contribution is 6.34. The number of amides is 2. The standard InChI is InChI=1S/C30H24N2O5/c1-17-16-20(32(36)37)14-15-21(17)31-26(33)24-25(27(31)34)30(3)23(19-12-8-5-9-13-19)22(29(24,2)28(30)35)18-10-6-4-7-11-18/h4-16,24-25H,1-3H3/t24-,25-,29+,30+/m1/s1. The van der Waals surface area contributed by atoms with Crippen LogP contribution in [-0.4, -0.2) is 22.5 Å². The van der Waals surface area contributed by atoms with E-state index in [0.29, 0.717) is 11.3 Å². The summed E-state index contributed by atoms with van der Waals surface area (Å²) in [7, 11) is 0. The van der Waals surface area contributed by atoms with Crippen molar-refractivity contribution in [2.45, 2.75) is 20.8 Å². The van der Waals surface area contributed by atoms with Gasteiger partial charge < -0.3 is 0 Å². The van der Waals surface area contributed by atoms with Crippen molar-refractivity contribution in [1.29, 1.82) is 0 Å². The van der Waals surface area contributed by atoms with E-state index in [0.717, 1.165) is 27.2 Å². The van der Waals surface area contributed by atoms with E-state index in [-0.39, 0.29) is 11.5 Å². The number of rotatable bonds is 4. The fraction of sp³-hybridized carbons (Fsp3) is 0.233. The first kappa shape index (κ1) is 23.0. The summed E-state index contributed by atoms with van der Waals surface area (Å²) >= 11 is 0. The first-order valence-electron chi connectivity index (χ1n) is 12.2. The second-order valence-electron chi connectivity index (χ2n) is 10.4. The Balaban J connectivity index is 1.58. The van der Waals surface area contributed by atoms with Crippen LogP contribution in [0.5, 0.6) is 0 Å². The van der Waals surface area contributed by atoms with Crippen LogP contribution < -0.4 is 4.90 Å². The second kappa shape index (κ2) is 7.56. The first-order chi connectivity index (χ1) is 17.6. The van der Waals surface area contributed by atoms with Crippen molar-refractivity contribution in [3.05, 3.63) is 106 Å². The van der Waals surface area contributed by atoms with Crippen molar-refractivity contribution in [1.82, 2.24) is 0 Å². The second-order valence-corrected chi connectivity index (χ2v) is 10.4. The van der Waals surface area contributed by atoms with Gasteiger partial charge in [-0.05, 0) is 54.7 Å². The molecule has 3 aromatic rings. The molecule has 3 aromatic carbocycles. The number of fused-ring (bicyclic) bond motifs is 5. The number of nitro groups is 1. The lowest BCUT2D eigenvalue weighted by atomic mass is 9.63. The van der Waals surface area contributed by atoms with Gasteiger partial charge in [0.05, 0.1) is 33.3 Å². The van der Waals surface area contributed by atoms with E-state index >= 15 is 0 Å². The highest BCUT2D eigenvalue weighted by atomic mass is 16.6. The third-order valence-electron chi connectivity index (χ3n) is 8.54. The number of hydrogen-bond acceptors (Lipinski definition) is 5. The number of carbonyl (C=O) groups excluding carboxylic acids is 3. The topological polar surface area (TPSA) is 97.6 Å². The first-order valence-corrected chi connectivity index (χ1v) is 12.2. The van der Waals surface area contributed by atoms with Crippen molar-refractivity contribution in [3.8, 4) is 0 Å². The van der Waals surface area contributed by atoms with Crippen LogP contribution in [0.25, 0.3) is 11.1 Å². The number of allylic oxidation sites excluding steroid dienone is 2. The van der Waals surface area contributed by atoms with Crippen LogP contribution in [0.15, 0.2) is 78.9 Å². The SMILES string of the molecule is Cc1cc([N+](=O)[O-])ccc1N1C(=O)[C@H]2[C@H](C1=O)[C@@]1(C)C(=O)[C@@]2(C)C(c2ccccc2)=C1c1ccccc1. The molecule has 7 heteroatoms. The van der Waals surface area contributed by atoms with Crippen molar-refractivity contribution in [3.63, 3.8) is 0 Å². The number of imide groups is 1. The molecular formula is C30H24N2O5. The minimum absolute atomic E-state index is 0.116. The van der Waals surface area contributed by atoms with Crippen molar-refractivity contribution in [2.75, 3.05) is 4.90 Å². The van der Waals surface area contributed by atoms with Gasteiger partial charge in [0.25, 0.3) is 5.69 Å². The third kappa shape index (κ3) is 2.74. The summed E-state index contributed by atoms with van der Waals surface area (Å²) in [5.41, 5.74) is 1.52. The highest BCUT2D eigenvalue weighted by Crippen LogP contribution is 2.73. The van der Waals surface area contributed by atoms with Gasteiger partial charge in [0.2, 0.25) is 11.8 Å². The summed E-state index contributed by atoms with van der Waals surface area (Å²) in [6.45, 7) is 5.24. The lowest BCUT2D eigenvalue weighted by Crippen LogP contribution is -2.40. The Kier molecular flexibility index (Phi) is 4.70. The molecule has 7 nitrogen and oxygen atoms in total. The summed E-state index contributed by atoms with van der Waals surface area (Å²) in [6.07, 6.45) is 0. The highest BCUT2D eigenvalue weighted by Gasteiger charge is 2.79. The Bertz CT molecular complexity index is 1480. The number of non-ortho nitro benzene ring substituents is 1. The monoisotopic (exact) mass is 492 g/mol. The van der Waals surface area contributed by atoms with Gasteiger partial charge >= 0.3 is 0 Å². The summed E-state index contributed by atoms with van der Waals surface area (Å²) < 4.78 is 0. The molecule has 1 saturated carbocycles. The summed E-state index contributed by atoms with van der Waals surface area (Å²) in [5, 5.41) is 11.2. The molecule has 0 radical (unpaired) electrons. The zero-order valence-electron chi connectivity index (χ0n) is 20.6. The zero-order chi connectivity index (χ0) is 26.3. The molecule has 0 aromatic heterocycles. The average molecular weight is 493 g/mol. The van der Waals surface area contributed by atoms with Crippen LogP contribution in [0.1, 0.15) is 30.5 Å². The number of hydrogen-bond donors (Lipinski definition) is 0.